The Labute approximate surface area is 231 Å². The van der Waals surface area contributed by atoms with Gasteiger partial charge in [0.1, 0.15) is 11.8 Å². The van der Waals surface area contributed by atoms with Crippen molar-refractivity contribution in [3.8, 4) is 6.07 Å². The summed E-state index contributed by atoms with van der Waals surface area (Å²) in [7, 11) is 0. The van der Waals surface area contributed by atoms with Crippen molar-refractivity contribution in [1.29, 1.82) is 5.26 Å². The van der Waals surface area contributed by atoms with Crippen LogP contribution in [0.1, 0.15) is 68.1 Å². The number of aromatic nitrogens is 4. The van der Waals surface area contributed by atoms with Gasteiger partial charge in [0, 0.05) is 40.5 Å². The second-order valence-corrected chi connectivity index (χ2v) is 12.3. The predicted octanol–water partition coefficient (Wildman–Crippen LogP) is 6.42. The van der Waals surface area contributed by atoms with E-state index in [9.17, 15) is 5.26 Å². The second kappa shape index (κ2) is 9.59. The lowest BCUT2D eigenvalue weighted by atomic mass is 9.95. The van der Waals surface area contributed by atoms with Crippen molar-refractivity contribution in [1.82, 2.24) is 20.0 Å². The van der Waals surface area contributed by atoms with Gasteiger partial charge >= 0.3 is 0 Å². The molecule has 0 bridgehead atoms. The zero-order valence-corrected chi connectivity index (χ0v) is 23.4. The Hall–Kier alpha value is -3.64. The van der Waals surface area contributed by atoms with Crippen LogP contribution in [-0.2, 0) is 6.42 Å². The largest absolute Gasteiger partial charge is 0.384 e. The summed E-state index contributed by atoms with van der Waals surface area (Å²) in [6.45, 7) is 8.17. The van der Waals surface area contributed by atoms with Gasteiger partial charge in [-0.3, -0.25) is 4.98 Å². The van der Waals surface area contributed by atoms with E-state index in [4.69, 9.17) is 0 Å². The Morgan fingerprint density at radius 2 is 2.11 bits per heavy atom. The van der Waals surface area contributed by atoms with Gasteiger partial charge in [0.15, 0.2) is 0 Å². The average Bonchev–Trinajstić information content (AvgIpc) is 3.41. The number of pyridine rings is 1. The summed E-state index contributed by atoms with van der Waals surface area (Å²) >= 11 is 3.75. The van der Waals surface area contributed by atoms with Gasteiger partial charge in [0.2, 0.25) is 0 Å². The molecule has 1 fully saturated rings. The number of nitrogens with one attached hydrogen (secondary N) is 3. The third kappa shape index (κ3) is 4.81. The molecule has 3 N–H and O–H groups in total. The van der Waals surface area contributed by atoms with Crippen LogP contribution in [0.4, 0.5) is 17.1 Å². The fourth-order valence-corrected chi connectivity index (χ4v) is 5.59. The molecule has 0 spiro atoms. The van der Waals surface area contributed by atoms with Crippen molar-refractivity contribution in [2.45, 2.75) is 52.1 Å². The minimum Gasteiger partial charge on any atom is -0.384 e. The van der Waals surface area contributed by atoms with Gasteiger partial charge in [0.05, 0.1) is 35.0 Å². The van der Waals surface area contributed by atoms with Crippen molar-refractivity contribution in [2.75, 3.05) is 29.0 Å². The van der Waals surface area contributed by atoms with Gasteiger partial charge in [-0.25, -0.2) is 4.68 Å². The monoisotopic (exact) mass is 570 g/mol. The number of fused-ring (bicyclic) bond motifs is 2. The van der Waals surface area contributed by atoms with Crippen LogP contribution < -0.4 is 16.0 Å². The minimum atomic E-state index is -0.181. The molecule has 6 rings (SSSR count). The smallest absolute Gasteiger partial charge is 0.109 e. The van der Waals surface area contributed by atoms with E-state index in [1.807, 2.05) is 4.68 Å². The second-order valence-electron chi connectivity index (χ2n) is 11.4. The van der Waals surface area contributed by atoms with Crippen LogP contribution in [0.2, 0.25) is 0 Å². The number of anilines is 3. The summed E-state index contributed by atoms with van der Waals surface area (Å²) < 4.78 is 2.86. The lowest BCUT2D eigenvalue weighted by Gasteiger charge is -2.23. The Morgan fingerprint density at radius 1 is 1.26 bits per heavy atom. The maximum Gasteiger partial charge on any atom is 0.109 e. The van der Waals surface area contributed by atoms with Crippen LogP contribution in [0.25, 0.3) is 10.9 Å². The van der Waals surface area contributed by atoms with E-state index in [0.717, 1.165) is 64.8 Å². The molecule has 1 saturated carbocycles. The summed E-state index contributed by atoms with van der Waals surface area (Å²) in [6, 6.07) is 13.1. The van der Waals surface area contributed by atoms with Gasteiger partial charge in [-0.15, -0.1) is 5.10 Å². The molecule has 0 amide bonds. The molecule has 1 atom stereocenters. The molecular formula is C29H31BrN8. The average molecular weight is 572 g/mol. The number of halogens is 1. The lowest BCUT2D eigenvalue weighted by molar-refractivity contribution is 0.443. The van der Waals surface area contributed by atoms with E-state index < -0.39 is 0 Å². The predicted molar refractivity (Wildman–Crippen MR) is 154 cm³/mol. The number of nitriles is 1. The maximum absolute atomic E-state index is 9.85. The first-order chi connectivity index (χ1) is 18.3. The van der Waals surface area contributed by atoms with Crippen molar-refractivity contribution in [3.05, 3.63) is 69.6 Å². The first kappa shape index (κ1) is 24.7. The van der Waals surface area contributed by atoms with E-state index in [2.05, 4.69) is 111 Å². The molecule has 2 aliphatic rings. The summed E-state index contributed by atoms with van der Waals surface area (Å²) in [6.07, 6.45) is 7.00. The van der Waals surface area contributed by atoms with Gasteiger partial charge in [-0.2, -0.15) is 5.26 Å². The SMILES string of the molecule is CC(C)(C)CNc1c(C#N)cnc2c(Br)cc(NC(c3cn(C4CC4)nn3)c3cccc4c3CCN4)cc12. The first-order valence-corrected chi connectivity index (χ1v) is 13.9. The van der Waals surface area contributed by atoms with Crippen molar-refractivity contribution in [2.24, 2.45) is 5.41 Å². The molecule has 3 heterocycles. The van der Waals surface area contributed by atoms with Crippen LogP contribution in [0, 0.1) is 16.7 Å². The van der Waals surface area contributed by atoms with Gasteiger partial charge < -0.3 is 16.0 Å². The Kier molecular flexibility index (Phi) is 6.23. The van der Waals surface area contributed by atoms with Gasteiger partial charge in [0.25, 0.3) is 0 Å². The topological polar surface area (TPSA) is 103 Å². The third-order valence-corrected chi connectivity index (χ3v) is 7.71. The minimum absolute atomic E-state index is 0.0512. The van der Waals surface area contributed by atoms with Crippen molar-refractivity contribution < 1.29 is 0 Å². The highest BCUT2D eigenvalue weighted by Gasteiger charge is 2.29. The van der Waals surface area contributed by atoms with Gasteiger partial charge in [-0.05, 0) is 69.9 Å². The highest BCUT2D eigenvalue weighted by Crippen LogP contribution is 2.39. The van der Waals surface area contributed by atoms with Crippen molar-refractivity contribution >= 4 is 43.9 Å². The van der Waals surface area contributed by atoms with Crippen LogP contribution >= 0.6 is 15.9 Å². The normalized spacial score (nSPS) is 15.6. The molecule has 2 aromatic heterocycles. The molecule has 1 aliphatic heterocycles. The molecule has 2 aromatic carbocycles. The maximum atomic E-state index is 9.85. The number of hydrogen-bond donors (Lipinski definition) is 3. The molecule has 1 aliphatic carbocycles. The standard InChI is InChI=1S/C29H31BrN8/c1-29(2,3)16-34-26-17(13-31)14-33-27-22(26)11-18(12-23(27)30)35-28(25-15-38(37-36-25)19-7-8-19)21-5-4-6-24-20(21)9-10-32-24/h4-6,11-12,14-15,19,28,32,35H,7-10,16H2,1-3H3,(H,33,34). The van der Waals surface area contributed by atoms with Crippen LogP contribution in [0.15, 0.2) is 47.2 Å². The Bertz CT molecular complexity index is 1560. The van der Waals surface area contributed by atoms with Crippen LogP contribution in [0.3, 0.4) is 0 Å². The van der Waals surface area contributed by atoms with Crippen LogP contribution in [-0.4, -0.2) is 33.1 Å². The Morgan fingerprint density at radius 3 is 2.87 bits per heavy atom. The molecule has 4 aromatic rings. The molecule has 0 radical (unpaired) electrons. The highest BCUT2D eigenvalue weighted by atomic mass is 79.9. The molecule has 0 saturated heterocycles. The summed E-state index contributed by atoms with van der Waals surface area (Å²) in [5.74, 6) is 0. The quantitative estimate of drug-likeness (QED) is 0.235. The molecular weight excluding hydrogens is 540 g/mol. The number of rotatable bonds is 7. The number of nitrogens with zero attached hydrogens (tertiary/aromatic N) is 5. The zero-order valence-electron chi connectivity index (χ0n) is 21.8. The van der Waals surface area contributed by atoms with Crippen LogP contribution in [0.5, 0.6) is 0 Å². The fourth-order valence-electron chi connectivity index (χ4n) is 5.03. The highest BCUT2D eigenvalue weighted by molar-refractivity contribution is 9.10. The number of benzene rings is 2. The zero-order chi connectivity index (χ0) is 26.4. The van der Waals surface area contributed by atoms with E-state index in [1.54, 1.807) is 6.20 Å². The lowest BCUT2D eigenvalue weighted by Crippen LogP contribution is -2.20. The first-order valence-electron chi connectivity index (χ1n) is 13.1. The number of hydrogen-bond acceptors (Lipinski definition) is 7. The summed E-state index contributed by atoms with van der Waals surface area (Å²) in [4.78, 5) is 4.60. The molecule has 194 valence electrons. The Balaban J connectivity index is 1.45. The fraction of sp³-hybridized carbons (Fsp3) is 0.379. The molecule has 1 unspecified atom stereocenters. The summed E-state index contributed by atoms with van der Waals surface area (Å²) in [5.41, 5.74) is 7.69. The van der Waals surface area contributed by atoms with E-state index in [0.29, 0.717) is 11.6 Å². The molecule has 38 heavy (non-hydrogen) atoms. The van der Waals surface area contributed by atoms with Crippen molar-refractivity contribution in [3.63, 3.8) is 0 Å². The molecule has 8 nitrogen and oxygen atoms in total. The third-order valence-electron chi connectivity index (χ3n) is 7.11. The summed E-state index contributed by atoms with van der Waals surface area (Å²) in [5, 5.41) is 30.6. The van der Waals surface area contributed by atoms with Gasteiger partial charge in [-0.1, -0.05) is 38.1 Å². The van der Waals surface area contributed by atoms with E-state index in [-0.39, 0.29) is 11.5 Å². The van der Waals surface area contributed by atoms with E-state index >= 15 is 0 Å². The molecule has 9 heteroatoms. The van der Waals surface area contributed by atoms with E-state index in [1.165, 1.54) is 16.8 Å².